The smallest absolute Gasteiger partial charge is 0.126 e. The maximum atomic E-state index is 14.0. The monoisotopic (exact) mass is 424 g/mol. The van der Waals surface area contributed by atoms with Crippen molar-refractivity contribution in [2.24, 2.45) is 0 Å². The second kappa shape index (κ2) is 9.29. The summed E-state index contributed by atoms with van der Waals surface area (Å²) in [6.45, 7) is 4.66. The summed E-state index contributed by atoms with van der Waals surface area (Å²) in [6.07, 6.45) is 1.56. The van der Waals surface area contributed by atoms with Crippen molar-refractivity contribution >= 4 is 11.9 Å². The third-order valence-electron chi connectivity index (χ3n) is 5.76. The van der Waals surface area contributed by atoms with Gasteiger partial charge < -0.3 is 0 Å². The summed E-state index contributed by atoms with van der Waals surface area (Å²) in [5.41, 5.74) is 2.68. The lowest BCUT2D eigenvalue weighted by Crippen LogP contribution is -2.48. The highest BCUT2D eigenvalue weighted by Gasteiger charge is 2.37. The Kier molecular flexibility index (Phi) is 6.52. The van der Waals surface area contributed by atoms with Gasteiger partial charge in [-0.05, 0) is 67.1 Å². The Morgan fingerprint density at radius 3 is 2.17 bits per heavy atom. The van der Waals surface area contributed by atoms with Crippen LogP contribution < -0.4 is 4.72 Å². The molecule has 0 atom stereocenters. The molecule has 0 radical (unpaired) electrons. The number of halogens is 2. The molecule has 4 rings (SSSR count). The number of hydrogen-bond donors (Lipinski definition) is 1. The van der Waals surface area contributed by atoms with Gasteiger partial charge in [-0.1, -0.05) is 48.0 Å². The van der Waals surface area contributed by atoms with Crippen LogP contribution in [0.3, 0.4) is 0 Å². The van der Waals surface area contributed by atoms with E-state index in [0.29, 0.717) is 5.56 Å². The minimum Gasteiger partial charge on any atom is -0.299 e. The average Bonchev–Trinajstić information content (AvgIpc) is 2.75. The Morgan fingerprint density at radius 2 is 1.53 bits per heavy atom. The van der Waals surface area contributed by atoms with Crippen LogP contribution >= 0.6 is 11.9 Å². The lowest BCUT2D eigenvalue weighted by molar-refractivity contribution is 0.146. The van der Waals surface area contributed by atoms with Crippen molar-refractivity contribution in [2.75, 3.05) is 13.1 Å². The van der Waals surface area contributed by atoms with E-state index in [2.05, 4.69) is 65.1 Å². The Hall–Kier alpha value is -2.21. The number of hydrogen-bond acceptors (Lipinski definition) is 3. The van der Waals surface area contributed by atoms with E-state index in [0.717, 1.165) is 43.4 Å². The van der Waals surface area contributed by atoms with Crippen molar-refractivity contribution in [1.29, 1.82) is 0 Å². The second-order valence-electron chi connectivity index (χ2n) is 8.02. The minimum atomic E-state index is -0.529. The second-order valence-corrected chi connectivity index (χ2v) is 8.90. The third-order valence-corrected chi connectivity index (χ3v) is 6.76. The summed E-state index contributed by atoms with van der Waals surface area (Å²) in [5, 5.41) is 0. The fourth-order valence-corrected chi connectivity index (χ4v) is 4.88. The molecule has 1 aliphatic heterocycles. The molecule has 0 saturated carbocycles. The number of likely N-dealkylation sites (tertiary alicyclic amines) is 1. The number of benzene rings is 3. The number of aryl methyl sites for hydroxylation is 1. The van der Waals surface area contributed by atoms with Gasteiger partial charge >= 0.3 is 0 Å². The van der Waals surface area contributed by atoms with Crippen LogP contribution in [0.1, 0.15) is 29.5 Å². The Balaban J connectivity index is 1.53. The van der Waals surface area contributed by atoms with Crippen molar-refractivity contribution in [2.45, 2.75) is 36.7 Å². The van der Waals surface area contributed by atoms with E-state index in [4.69, 9.17) is 0 Å². The fourth-order valence-electron chi connectivity index (χ4n) is 3.98. The van der Waals surface area contributed by atoms with Crippen molar-refractivity contribution in [3.05, 3.63) is 101 Å². The molecule has 0 unspecified atom stereocenters. The predicted octanol–water partition coefficient (Wildman–Crippen LogP) is 6.06. The van der Waals surface area contributed by atoms with Crippen LogP contribution in [0, 0.1) is 18.6 Å². The van der Waals surface area contributed by atoms with Gasteiger partial charge in [0.25, 0.3) is 0 Å². The topological polar surface area (TPSA) is 15.3 Å². The van der Waals surface area contributed by atoms with Gasteiger partial charge in [0.05, 0.1) is 5.54 Å². The zero-order valence-corrected chi connectivity index (χ0v) is 17.9. The first-order chi connectivity index (χ1) is 14.5. The third kappa shape index (κ3) is 5.09. The summed E-state index contributed by atoms with van der Waals surface area (Å²) in [4.78, 5) is 3.49. The van der Waals surface area contributed by atoms with E-state index in [1.165, 1.54) is 35.2 Å². The van der Waals surface area contributed by atoms with E-state index >= 15 is 0 Å². The first-order valence-electron chi connectivity index (χ1n) is 10.3. The van der Waals surface area contributed by atoms with Gasteiger partial charge in [0, 0.05) is 30.6 Å². The normalized spacial score (nSPS) is 16.5. The molecule has 1 aliphatic rings. The van der Waals surface area contributed by atoms with Gasteiger partial charge in [-0.25, -0.2) is 13.5 Å². The number of nitrogens with zero attached hydrogens (tertiary/aromatic N) is 1. The van der Waals surface area contributed by atoms with Crippen LogP contribution in [-0.2, 0) is 12.1 Å². The summed E-state index contributed by atoms with van der Waals surface area (Å²) in [7, 11) is 0. The molecule has 0 spiro atoms. The molecule has 156 valence electrons. The molecule has 3 aromatic carbocycles. The van der Waals surface area contributed by atoms with Gasteiger partial charge in [0.15, 0.2) is 0 Å². The van der Waals surface area contributed by atoms with E-state index < -0.39 is 17.2 Å². The predicted molar refractivity (Wildman–Crippen MR) is 119 cm³/mol. The van der Waals surface area contributed by atoms with Gasteiger partial charge in [-0.15, -0.1) is 0 Å². The number of rotatable bonds is 6. The zero-order chi connectivity index (χ0) is 21.0. The van der Waals surface area contributed by atoms with Crippen LogP contribution in [-0.4, -0.2) is 18.0 Å². The molecule has 1 heterocycles. The molecule has 0 bridgehead atoms. The van der Waals surface area contributed by atoms with E-state index in [1.54, 1.807) is 0 Å². The molecule has 1 saturated heterocycles. The lowest BCUT2D eigenvalue weighted by atomic mass is 9.81. The van der Waals surface area contributed by atoms with Crippen LogP contribution in [0.2, 0.25) is 0 Å². The van der Waals surface area contributed by atoms with Crippen molar-refractivity contribution in [3.63, 3.8) is 0 Å². The molecule has 5 heteroatoms. The Morgan fingerprint density at radius 1 is 0.900 bits per heavy atom. The largest absolute Gasteiger partial charge is 0.299 e. The SMILES string of the molecule is Cc1ccc(SNC2(c3cc(F)cc(F)c3)CCN(Cc3ccccc3)CC2)cc1. The molecule has 2 nitrogen and oxygen atoms in total. The molecule has 0 aromatic heterocycles. The van der Waals surface area contributed by atoms with Crippen LogP contribution in [0.15, 0.2) is 77.7 Å². The maximum absolute atomic E-state index is 14.0. The Labute approximate surface area is 181 Å². The van der Waals surface area contributed by atoms with Crippen LogP contribution in [0.25, 0.3) is 0 Å². The van der Waals surface area contributed by atoms with Gasteiger partial charge in [0.1, 0.15) is 11.6 Å². The first-order valence-corrected chi connectivity index (χ1v) is 11.1. The molecule has 0 amide bonds. The van der Waals surface area contributed by atoms with Crippen LogP contribution in [0.4, 0.5) is 8.78 Å². The summed E-state index contributed by atoms with van der Waals surface area (Å²) >= 11 is 1.53. The molecule has 3 aromatic rings. The highest BCUT2D eigenvalue weighted by molar-refractivity contribution is 7.97. The summed E-state index contributed by atoms with van der Waals surface area (Å²) in [6, 6.07) is 22.6. The number of piperidine rings is 1. The summed E-state index contributed by atoms with van der Waals surface area (Å²) in [5.74, 6) is -1.06. The van der Waals surface area contributed by atoms with Crippen molar-refractivity contribution in [3.8, 4) is 0 Å². The maximum Gasteiger partial charge on any atom is 0.126 e. The van der Waals surface area contributed by atoms with E-state index in [9.17, 15) is 8.78 Å². The van der Waals surface area contributed by atoms with E-state index in [1.807, 2.05) is 6.07 Å². The zero-order valence-electron chi connectivity index (χ0n) is 17.1. The fraction of sp³-hybridized carbons (Fsp3) is 0.280. The van der Waals surface area contributed by atoms with Crippen molar-refractivity contribution < 1.29 is 8.78 Å². The summed E-state index contributed by atoms with van der Waals surface area (Å²) < 4.78 is 31.7. The molecular weight excluding hydrogens is 398 g/mol. The average molecular weight is 425 g/mol. The molecular formula is C25H26F2N2S. The minimum absolute atomic E-state index is 0.480. The van der Waals surface area contributed by atoms with Crippen LogP contribution in [0.5, 0.6) is 0 Å². The van der Waals surface area contributed by atoms with Crippen molar-refractivity contribution in [1.82, 2.24) is 9.62 Å². The first kappa shape index (κ1) is 21.0. The molecule has 1 N–H and O–H groups in total. The highest BCUT2D eigenvalue weighted by atomic mass is 32.2. The Bertz CT molecular complexity index is 948. The highest BCUT2D eigenvalue weighted by Crippen LogP contribution is 2.37. The lowest BCUT2D eigenvalue weighted by Gasteiger charge is -2.42. The molecule has 0 aliphatic carbocycles. The van der Waals surface area contributed by atoms with Gasteiger partial charge in [-0.3, -0.25) is 4.90 Å². The van der Waals surface area contributed by atoms with Gasteiger partial charge in [-0.2, -0.15) is 0 Å². The standard InChI is InChI=1S/C25H26F2N2S/c1-19-7-9-24(10-8-19)30-28-25(21-15-22(26)17-23(27)16-21)11-13-29(14-12-25)18-20-5-3-2-4-6-20/h2-10,15-17,28H,11-14,18H2,1H3. The van der Waals surface area contributed by atoms with Gasteiger partial charge in [0.2, 0.25) is 0 Å². The van der Waals surface area contributed by atoms with E-state index in [-0.39, 0.29) is 0 Å². The molecule has 1 fully saturated rings. The number of nitrogens with one attached hydrogen (secondary N) is 1. The molecule has 30 heavy (non-hydrogen) atoms. The quantitative estimate of drug-likeness (QED) is 0.484.